The molecule has 0 aliphatic rings. The molecule has 27 heavy (non-hydrogen) atoms. The zero-order chi connectivity index (χ0) is 19.8. The lowest BCUT2D eigenvalue weighted by molar-refractivity contribution is -0.118. The van der Waals surface area contributed by atoms with Gasteiger partial charge in [0, 0.05) is 25.2 Å². The van der Waals surface area contributed by atoms with Gasteiger partial charge in [-0.2, -0.15) is 0 Å². The molecule has 1 aromatic heterocycles. The maximum atomic E-state index is 12.0. The van der Waals surface area contributed by atoms with Crippen LogP contribution in [0.2, 0.25) is 0 Å². The third kappa shape index (κ3) is 6.45. The van der Waals surface area contributed by atoms with E-state index < -0.39 is 5.25 Å². The smallest absolute Gasteiger partial charge is 0.251 e. The number of anilines is 1. The van der Waals surface area contributed by atoms with Crippen molar-refractivity contribution in [1.82, 2.24) is 15.8 Å². The maximum Gasteiger partial charge on any atom is 0.251 e. The molecule has 1 aromatic carbocycles. The zero-order valence-corrected chi connectivity index (χ0v) is 16.2. The van der Waals surface area contributed by atoms with Crippen LogP contribution < -0.4 is 16.0 Å². The second-order valence-electron chi connectivity index (χ2n) is 5.82. The second kappa shape index (κ2) is 9.77. The molecule has 1 unspecified atom stereocenters. The Balaban J connectivity index is 1.72. The van der Waals surface area contributed by atoms with Crippen molar-refractivity contribution in [3.63, 3.8) is 0 Å². The predicted octanol–water partition coefficient (Wildman–Crippen LogP) is 1.72. The standard InChI is InChI=1S/C18H22N4O4S/c1-11-8-15(22-26-11)21-17(24)12(2)27-10-16(23)20-9-13-4-6-14(7-5-13)18(25)19-3/h4-8,12H,9-10H2,1-3H3,(H,19,25)(H,20,23)(H,21,22,24). The highest BCUT2D eigenvalue weighted by molar-refractivity contribution is 8.01. The number of hydrogen-bond donors (Lipinski definition) is 3. The fourth-order valence-electron chi connectivity index (χ4n) is 2.10. The number of carbonyl (C=O) groups excluding carboxylic acids is 3. The molecular weight excluding hydrogens is 368 g/mol. The molecular formula is C18H22N4O4S. The molecule has 1 heterocycles. The Hall–Kier alpha value is -2.81. The highest BCUT2D eigenvalue weighted by Gasteiger charge is 2.16. The van der Waals surface area contributed by atoms with E-state index in [2.05, 4.69) is 21.1 Å². The van der Waals surface area contributed by atoms with Gasteiger partial charge in [-0.1, -0.05) is 17.3 Å². The Kier molecular flexibility index (Phi) is 7.42. The van der Waals surface area contributed by atoms with E-state index in [0.29, 0.717) is 23.7 Å². The van der Waals surface area contributed by atoms with Gasteiger partial charge in [-0.15, -0.1) is 11.8 Å². The molecule has 0 aliphatic carbocycles. The van der Waals surface area contributed by atoms with Crippen LogP contribution in [-0.4, -0.2) is 40.9 Å². The van der Waals surface area contributed by atoms with Crippen LogP contribution in [0.5, 0.6) is 0 Å². The van der Waals surface area contributed by atoms with Crippen LogP contribution in [0.15, 0.2) is 34.9 Å². The van der Waals surface area contributed by atoms with E-state index in [1.54, 1.807) is 51.2 Å². The minimum atomic E-state index is -0.417. The lowest BCUT2D eigenvalue weighted by Crippen LogP contribution is -2.28. The molecule has 0 fully saturated rings. The van der Waals surface area contributed by atoms with Gasteiger partial charge in [0.1, 0.15) is 5.76 Å². The van der Waals surface area contributed by atoms with E-state index in [9.17, 15) is 14.4 Å². The Morgan fingerprint density at radius 3 is 2.52 bits per heavy atom. The molecule has 3 amide bonds. The second-order valence-corrected chi connectivity index (χ2v) is 7.15. The fourth-order valence-corrected chi connectivity index (χ4v) is 2.81. The number of nitrogens with zero attached hydrogens (tertiary/aromatic N) is 1. The van der Waals surface area contributed by atoms with Crippen molar-refractivity contribution in [2.45, 2.75) is 25.6 Å². The van der Waals surface area contributed by atoms with Crippen LogP contribution in [0.25, 0.3) is 0 Å². The Morgan fingerprint density at radius 2 is 1.93 bits per heavy atom. The summed E-state index contributed by atoms with van der Waals surface area (Å²) >= 11 is 1.23. The van der Waals surface area contributed by atoms with Gasteiger partial charge < -0.3 is 20.5 Å². The summed E-state index contributed by atoms with van der Waals surface area (Å²) in [6.45, 7) is 3.81. The Labute approximate surface area is 161 Å². The average molecular weight is 390 g/mol. The lowest BCUT2D eigenvalue weighted by Gasteiger charge is -2.11. The molecule has 144 valence electrons. The summed E-state index contributed by atoms with van der Waals surface area (Å²) in [6, 6.07) is 8.60. The predicted molar refractivity (Wildman–Crippen MR) is 103 cm³/mol. The summed E-state index contributed by atoms with van der Waals surface area (Å²) in [5, 5.41) is 11.3. The Morgan fingerprint density at radius 1 is 1.22 bits per heavy atom. The van der Waals surface area contributed by atoms with E-state index in [1.807, 2.05) is 0 Å². The van der Waals surface area contributed by atoms with Crippen molar-refractivity contribution < 1.29 is 18.9 Å². The first kappa shape index (κ1) is 20.5. The molecule has 9 heteroatoms. The zero-order valence-electron chi connectivity index (χ0n) is 15.4. The molecule has 2 aromatic rings. The number of aryl methyl sites for hydroxylation is 1. The number of amides is 3. The van der Waals surface area contributed by atoms with Crippen LogP contribution in [0.3, 0.4) is 0 Å². The number of thioether (sulfide) groups is 1. The summed E-state index contributed by atoms with van der Waals surface area (Å²) < 4.78 is 4.89. The van der Waals surface area contributed by atoms with E-state index in [4.69, 9.17) is 4.52 Å². The third-order valence-electron chi connectivity index (χ3n) is 3.65. The number of nitrogens with one attached hydrogen (secondary N) is 3. The summed E-state index contributed by atoms with van der Waals surface area (Å²) in [4.78, 5) is 35.5. The number of hydrogen-bond acceptors (Lipinski definition) is 6. The fraction of sp³-hybridized carbons (Fsp3) is 0.333. The van der Waals surface area contributed by atoms with Gasteiger partial charge in [-0.25, -0.2) is 0 Å². The maximum absolute atomic E-state index is 12.0. The van der Waals surface area contributed by atoms with E-state index in [-0.39, 0.29) is 23.5 Å². The molecule has 0 radical (unpaired) electrons. The van der Waals surface area contributed by atoms with Gasteiger partial charge >= 0.3 is 0 Å². The highest BCUT2D eigenvalue weighted by Crippen LogP contribution is 2.14. The number of carbonyl (C=O) groups is 3. The van der Waals surface area contributed by atoms with Crippen LogP contribution in [0.4, 0.5) is 5.82 Å². The monoisotopic (exact) mass is 390 g/mol. The molecule has 0 saturated heterocycles. The number of aromatic nitrogens is 1. The van der Waals surface area contributed by atoms with Crippen molar-refractivity contribution in [2.24, 2.45) is 0 Å². The first-order chi connectivity index (χ1) is 12.9. The molecule has 0 spiro atoms. The van der Waals surface area contributed by atoms with Crippen molar-refractivity contribution in [1.29, 1.82) is 0 Å². The van der Waals surface area contributed by atoms with E-state index >= 15 is 0 Å². The summed E-state index contributed by atoms with van der Waals surface area (Å²) in [7, 11) is 1.57. The quantitative estimate of drug-likeness (QED) is 0.632. The first-order valence-electron chi connectivity index (χ1n) is 8.32. The average Bonchev–Trinajstić information content (AvgIpc) is 3.08. The minimum Gasteiger partial charge on any atom is -0.360 e. The summed E-state index contributed by atoms with van der Waals surface area (Å²) in [6.07, 6.45) is 0. The van der Waals surface area contributed by atoms with Crippen molar-refractivity contribution >= 4 is 35.3 Å². The number of benzene rings is 1. The number of rotatable bonds is 8. The van der Waals surface area contributed by atoms with Crippen LogP contribution >= 0.6 is 11.8 Å². The van der Waals surface area contributed by atoms with Gasteiger partial charge in [0.15, 0.2) is 5.82 Å². The SMILES string of the molecule is CNC(=O)c1ccc(CNC(=O)CSC(C)C(=O)Nc2cc(C)on2)cc1. The molecule has 8 nitrogen and oxygen atoms in total. The first-order valence-corrected chi connectivity index (χ1v) is 9.37. The van der Waals surface area contributed by atoms with Crippen LogP contribution in [0, 0.1) is 6.92 Å². The molecule has 2 rings (SSSR count). The van der Waals surface area contributed by atoms with Gasteiger partial charge in [0.25, 0.3) is 5.91 Å². The molecule has 0 saturated carbocycles. The minimum absolute atomic E-state index is 0.156. The van der Waals surface area contributed by atoms with Crippen LogP contribution in [-0.2, 0) is 16.1 Å². The molecule has 3 N–H and O–H groups in total. The van der Waals surface area contributed by atoms with Gasteiger partial charge in [0.05, 0.1) is 11.0 Å². The Bertz CT molecular complexity index is 804. The molecule has 1 atom stereocenters. The van der Waals surface area contributed by atoms with Gasteiger partial charge in [0.2, 0.25) is 11.8 Å². The van der Waals surface area contributed by atoms with Crippen molar-refractivity contribution in [3.8, 4) is 0 Å². The lowest BCUT2D eigenvalue weighted by atomic mass is 10.1. The third-order valence-corrected chi connectivity index (χ3v) is 4.79. The van der Waals surface area contributed by atoms with Crippen molar-refractivity contribution in [2.75, 3.05) is 18.1 Å². The van der Waals surface area contributed by atoms with Gasteiger partial charge in [-0.05, 0) is 31.5 Å². The topological polar surface area (TPSA) is 113 Å². The highest BCUT2D eigenvalue weighted by atomic mass is 32.2. The summed E-state index contributed by atoms with van der Waals surface area (Å²) in [5.74, 6) is 0.541. The summed E-state index contributed by atoms with van der Waals surface area (Å²) in [5.41, 5.74) is 1.44. The van der Waals surface area contributed by atoms with Crippen molar-refractivity contribution in [3.05, 3.63) is 47.2 Å². The normalized spacial score (nSPS) is 11.5. The largest absolute Gasteiger partial charge is 0.360 e. The van der Waals surface area contributed by atoms with Gasteiger partial charge in [-0.3, -0.25) is 14.4 Å². The van der Waals surface area contributed by atoms with E-state index in [0.717, 1.165) is 5.56 Å². The van der Waals surface area contributed by atoms with Crippen LogP contribution in [0.1, 0.15) is 28.6 Å². The van der Waals surface area contributed by atoms with E-state index in [1.165, 1.54) is 11.8 Å². The molecule has 0 bridgehead atoms. The molecule has 0 aliphatic heterocycles.